The first-order valence-corrected chi connectivity index (χ1v) is 6.83. The zero-order valence-corrected chi connectivity index (χ0v) is 12.3. The van der Waals surface area contributed by atoms with Crippen molar-refractivity contribution in [2.75, 3.05) is 26.1 Å². The van der Waals surface area contributed by atoms with E-state index in [1.807, 2.05) is 0 Å². The molecule has 3 N–H and O–H groups in total. The third-order valence-electron chi connectivity index (χ3n) is 3.77. The van der Waals surface area contributed by atoms with E-state index in [0.29, 0.717) is 23.7 Å². The second kappa shape index (κ2) is 6.35. The molecule has 1 fully saturated rings. The summed E-state index contributed by atoms with van der Waals surface area (Å²) in [5, 5.41) is 12.2. The predicted molar refractivity (Wildman–Crippen MR) is 81.6 cm³/mol. The van der Waals surface area contributed by atoms with Crippen molar-refractivity contribution in [2.45, 2.75) is 19.3 Å². The highest BCUT2D eigenvalue weighted by molar-refractivity contribution is 5.94. The number of nitriles is 1. The number of benzene rings is 1. The lowest BCUT2D eigenvalue weighted by atomic mass is 9.70. The third kappa shape index (κ3) is 3.37. The Morgan fingerprint density at radius 3 is 2.71 bits per heavy atom. The summed E-state index contributed by atoms with van der Waals surface area (Å²) in [4.78, 5) is 4.28. The van der Waals surface area contributed by atoms with E-state index in [2.05, 4.69) is 16.4 Å². The van der Waals surface area contributed by atoms with E-state index < -0.39 is 0 Å². The van der Waals surface area contributed by atoms with Crippen LogP contribution in [-0.4, -0.2) is 26.7 Å². The molecule has 21 heavy (non-hydrogen) atoms. The first kappa shape index (κ1) is 15.0. The fourth-order valence-electron chi connectivity index (χ4n) is 2.23. The second-order valence-electron chi connectivity index (χ2n) is 5.14. The number of aliphatic imine (C=N–C) groups is 1. The summed E-state index contributed by atoms with van der Waals surface area (Å²) in [6.45, 7) is 0.425. The van der Waals surface area contributed by atoms with Crippen LogP contribution in [0.25, 0.3) is 0 Å². The molecule has 0 aliphatic heterocycles. The van der Waals surface area contributed by atoms with Crippen molar-refractivity contribution in [1.82, 2.24) is 0 Å². The average Bonchev–Trinajstić information content (AvgIpc) is 2.46. The molecule has 0 amide bonds. The Morgan fingerprint density at radius 2 is 2.19 bits per heavy atom. The van der Waals surface area contributed by atoms with Gasteiger partial charge >= 0.3 is 0 Å². The average molecular weight is 288 g/mol. The lowest BCUT2D eigenvalue weighted by Crippen LogP contribution is -2.33. The number of nitrogens with zero attached hydrogens (tertiary/aromatic N) is 2. The normalized spacial score (nSPS) is 16.5. The highest BCUT2D eigenvalue weighted by Gasteiger charge is 2.36. The number of nitrogens with one attached hydrogen (secondary N) is 1. The van der Waals surface area contributed by atoms with Crippen molar-refractivity contribution < 1.29 is 9.47 Å². The molecule has 0 heterocycles. The van der Waals surface area contributed by atoms with Gasteiger partial charge in [0.25, 0.3) is 0 Å². The Labute approximate surface area is 124 Å². The summed E-state index contributed by atoms with van der Waals surface area (Å²) < 4.78 is 10.4. The zero-order valence-electron chi connectivity index (χ0n) is 12.3. The minimum atomic E-state index is -0.329. The van der Waals surface area contributed by atoms with Crippen LogP contribution in [0.15, 0.2) is 23.2 Å². The number of nitrogens with two attached hydrogens (primary N) is 1. The first-order chi connectivity index (χ1) is 10.1. The molecule has 0 spiro atoms. The van der Waals surface area contributed by atoms with Gasteiger partial charge in [0.2, 0.25) is 0 Å². The standard InChI is InChI=1S/C15H20N4O2/c1-20-11-4-5-13(21-2)12(8-11)19-14(17)18-10-15(9-16)6-3-7-15/h4-5,8H,3,6-7,10H2,1-2H3,(H3,17,18,19). The minimum absolute atomic E-state index is 0.267. The van der Waals surface area contributed by atoms with Gasteiger partial charge in [0, 0.05) is 6.07 Å². The largest absolute Gasteiger partial charge is 0.497 e. The van der Waals surface area contributed by atoms with Crippen molar-refractivity contribution >= 4 is 11.6 Å². The van der Waals surface area contributed by atoms with Gasteiger partial charge in [-0.1, -0.05) is 6.42 Å². The third-order valence-corrected chi connectivity index (χ3v) is 3.77. The van der Waals surface area contributed by atoms with E-state index >= 15 is 0 Å². The van der Waals surface area contributed by atoms with E-state index in [9.17, 15) is 5.26 Å². The van der Waals surface area contributed by atoms with E-state index in [-0.39, 0.29) is 11.4 Å². The Bertz CT molecular complexity index is 574. The zero-order chi connectivity index (χ0) is 15.3. The van der Waals surface area contributed by atoms with Gasteiger partial charge in [-0.15, -0.1) is 0 Å². The molecule has 6 heteroatoms. The smallest absolute Gasteiger partial charge is 0.193 e. The van der Waals surface area contributed by atoms with Crippen molar-refractivity contribution in [1.29, 1.82) is 5.26 Å². The molecule has 6 nitrogen and oxygen atoms in total. The van der Waals surface area contributed by atoms with Crippen LogP contribution in [-0.2, 0) is 0 Å². The van der Waals surface area contributed by atoms with Crippen LogP contribution in [0.5, 0.6) is 11.5 Å². The number of hydrogen-bond acceptors (Lipinski definition) is 4. The van der Waals surface area contributed by atoms with Crippen molar-refractivity contribution in [3.63, 3.8) is 0 Å². The second-order valence-corrected chi connectivity index (χ2v) is 5.14. The van der Waals surface area contributed by atoms with E-state index in [0.717, 1.165) is 19.3 Å². The summed E-state index contributed by atoms with van der Waals surface area (Å²) in [5.41, 5.74) is 6.24. The molecule has 1 aliphatic rings. The molecule has 112 valence electrons. The molecule has 1 saturated carbocycles. The van der Waals surface area contributed by atoms with E-state index in [1.54, 1.807) is 32.4 Å². The monoisotopic (exact) mass is 288 g/mol. The van der Waals surface area contributed by atoms with Gasteiger partial charge < -0.3 is 20.5 Å². The molecule has 1 aromatic rings. The van der Waals surface area contributed by atoms with Gasteiger partial charge in [0.15, 0.2) is 5.96 Å². The highest BCUT2D eigenvalue weighted by Crippen LogP contribution is 2.40. The minimum Gasteiger partial charge on any atom is -0.497 e. The lowest BCUT2D eigenvalue weighted by Gasteiger charge is -2.33. The molecule has 2 rings (SSSR count). The van der Waals surface area contributed by atoms with Crippen LogP contribution in [0.4, 0.5) is 5.69 Å². The lowest BCUT2D eigenvalue weighted by molar-refractivity contribution is 0.226. The SMILES string of the molecule is COc1ccc(OC)c(NC(N)=NCC2(C#N)CCC2)c1. The van der Waals surface area contributed by atoms with Gasteiger partial charge in [-0.3, -0.25) is 4.99 Å². The number of anilines is 1. The van der Waals surface area contributed by atoms with Crippen molar-refractivity contribution in [2.24, 2.45) is 16.1 Å². The number of guanidine groups is 1. The first-order valence-electron chi connectivity index (χ1n) is 6.83. The van der Waals surface area contributed by atoms with Crippen LogP contribution in [0.1, 0.15) is 19.3 Å². The maximum atomic E-state index is 9.17. The van der Waals surface area contributed by atoms with Crippen LogP contribution in [0.3, 0.4) is 0 Å². The Kier molecular flexibility index (Phi) is 4.53. The maximum Gasteiger partial charge on any atom is 0.193 e. The molecule has 0 radical (unpaired) electrons. The van der Waals surface area contributed by atoms with Crippen LogP contribution in [0.2, 0.25) is 0 Å². The summed E-state index contributed by atoms with van der Waals surface area (Å²) in [6.07, 6.45) is 2.87. The number of hydrogen-bond donors (Lipinski definition) is 2. The predicted octanol–water partition coefficient (Wildman–Crippen LogP) is 2.12. The van der Waals surface area contributed by atoms with E-state index in [1.165, 1.54) is 0 Å². The number of methoxy groups -OCH3 is 2. The molecule has 1 aliphatic carbocycles. The topological polar surface area (TPSA) is 92.7 Å². The fourth-order valence-corrected chi connectivity index (χ4v) is 2.23. The summed E-state index contributed by atoms with van der Waals surface area (Å²) in [6, 6.07) is 7.71. The van der Waals surface area contributed by atoms with E-state index in [4.69, 9.17) is 15.2 Å². The molecule has 1 aromatic carbocycles. The fraction of sp³-hybridized carbons (Fsp3) is 0.467. The van der Waals surface area contributed by atoms with Gasteiger partial charge in [-0.25, -0.2) is 0 Å². The molecule has 0 aromatic heterocycles. The van der Waals surface area contributed by atoms with Crippen LogP contribution in [0, 0.1) is 16.7 Å². The van der Waals surface area contributed by atoms with Crippen LogP contribution < -0.4 is 20.5 Å². The molecule has 0 atom stereocenters. The van der Waals surface area contributed by atoms with Crippen molar-refractivity contribution in [3.8, 4) is 17.6 Å². The Hall–Kier alpha value is -2.42. The summed E-state index contributed by atoms with van der Waals surface area (Å²) in [7, 11) is 3.18. The maximum absolute atomic E-state index is 9.17. The van der Waals surface area contributed by atoms with Crippen molar-refractivity contribution in [3.05, 3.63) is 18.2 Å². The Balaban J connectivity index is 2.08. The molecular weight excluding hydrogens is 268 g/mol. The van der Waals surface area contributed by atoms with Gasteiger partial charge in [-0.05, 0) is 25.0 Å². The summed E-state index contributed by atoms with van der Waals surface area (Å²) in [5.74, 6) is 1.61. The van der Waals surface area contributed by atoms with Gasteiger partial charge in [-0.2, -0.15) is 5.26 Å². The molecular formula is C15H20N4O2. The number of rotatable bonds is 5. The van der Waals surface area contributed by atoms with Gasteiger partial charge in [0.1, 0.15) is 11.5 Å². The van der Waals surface area contributed by atoms with Gasteiger partial charge in [0.05, 0.1) is 37.9 Å². The van der Waals surface area contributed by atoms with Crippen LogP contribution >= 0.6 is 0 Å². The molecule has 0 unspecified atom stereocenters. The molecule has 0 saturated heterocycles. The number of ether oxygens (including phenoxy) is 2. The highest BCUT2D eigenvalue weighted by atomic mass is 16.5. The Morgan fingerprint density at radius 1 is 1.43 bits per heavy atom. The molecule has 0 bridgehead atoms. The summed E-state index contributed by atoms with van der Waals surface area (Å²) >= 11 is 0. The quantitative estimate of drug-likeness (QED) is 0.639.